The molecule has 0 fully saturated rings. The minimum absolute atomic E-state index is 0.00541. The highest BCUT2D eigenvalue weighted by atomic mass is 35.5. The number of benzene rings is 2. The maximum absolute atomic E-state index is 13.1. The van der Waals surface area contributed by atoms with Crippen molar-refractivity contribution in [3.63, 3.8) is 0 Å². The molecular formula is C18H16ClF3N2O. The van der Waals surface area contributed by atoms with Crippen LogP contribution in [0.4, 0.5) is 24.5 Å². The highest BCUT2D eigenvalue weighted by Crippen LogP contribution is 2.36. The van der Waals surface area contributed by atoms with Gasteiger partial charge in [-0.2, -0.15) is 13.2 Å². The van der Waals surface area contributed by atoms with E-state index in [4.69, 9.17) is 11.6 Å². The maximum Gasteiger partial charge on any atom is 0.418 e. The molecule has 132 valence electrons. The Morgan fingerprint density at radius 3 is 2.72 bits per heavy atom. The number of para-hydroxylation sites is 1. The fraction of sp³-hybridized carbons (Fsp3) is 0.278. The lowest BCUT2D eigenvalue weighted by Crippen LogP contribution is -2.39. The van der Waals surface area contributed by atoms with Crippen LogP contribution in [-0.4, -0.2) is 19.0 Å². The monoisotopic (exact) mass is 368 g/mol. The number of alkyl halides is 3. The smallest absolute Gasteiger partial charge is 0.376 e. The Morgan fingerprint density at radius 2 is 1.96 bits per heavy atom. The van der Waals surface area contributed by atoms with Crippen LogP contribution >= 0.6 is 11.6 Å². The second kappa shape index (κ2) is 6.96. The Hall–Kier alpha value is -2.21. The molecular weight excluding hydrogens is 353 g/mol. The number of fused-ring (bicyclic) bond motifs is 1. The molecule has 1 amide bonds. The minimum atomic E-state index is -4.55. The number of halogens is 4. The zero-order chi connectivity index (χ0) is 18.0. The molecule has 0 unspecified atom stereocenters. The van der Waals surface area contributed by atoms with E-state index in [1.165, 1.54) is 12.1 Å². The standard InChI is InChI=1S/C18H16ClF3N2O/c19-13-7-8-15(14(10-13)18(20,21)22)23-11-17(25)24-9-3-5-12-4-1-2-6-16(12)24/h1-2,4,6-8,10,23H,3,5,9,11H2. The quantitative estimate of drug-likeness (QED) is 0.848. The molecule has 0 aromatic heterocycles. The van der Waals surface area contributed by atoms with Crippen molar-refractivity contribution in [2.45, 2.75) is 19.0 Å². The van der Waals surface area contributed by atoms with E-state index >= 15 is 0 Å². The first-order valence-electron chi connectivity index (χ1n) is 7.85. The number of amides is 1. The molecule has 0 saturated heterocycles. The van der Waals surface area contributed by atoms with Crippen molar-refractivity contribution < 1.29 is 18.0 Å². The molecule has 3 nitrogen and oxygen atoms in total. The van der Waals surface area contributed by atoms with Gasteiger partial charge in [-0.3, -0.25) is 4.79 Å². The number of anilines is 2. The van der Waals surface area contributed by atoms with Gasteiger partial charge in [-0.05, 0) is 42.7 Å². The van der Waals surface area contributed by atoms with E-state index in [1.807, 2.05) is 24.3 Å². The lowest BCUT2D eigenvalue weighted by molar-refractivity contribution is -0.137. The number of rotatable bonds is 3. The van der Waals surface area contributed by atoms with Crippen molar-refractivity contribution in [3.8, 4) is 0 Å². The second-order valence-corrected chi connectivity index (χ2v) is 6.26. The second-order valence-electron chi connectivity index (χ2n) is 5.82. The highest BCUT2D eigenvalue weighted by molar-refractivity contribution is 6.30. The van der Waals surface area contributed by atoms with E-state index in [2.05, 4.69) is 5.32 Å². The van der Waals surface area contributed by atoms with Gasteiger partial charge in [0.25, 0.3) is 0 Å². The van der Waals surface area contributed by atoms with Crippen molar-refractivity contribution in [2.75, 3.05) is 23.3 Å². The third-order valence-electron chi connectivity index (χ3n) is 4.13. The Balaban J connectivity index is 1.76. The molecule has 0 saturated carbocycles. The van der Waals surface area contributed by atoms with E-state index < -0.39 is 11.7 Å². The summed E-state index contributed by atoms with van der Waals surface area (Å²) in [6, 6.07) is 11.0. The summed E-state index contributed by atoms with van der Waals surface area (Å²) in [5.41, 5.74) is 0.861. The summed E-state index contributed by atoms with van der Waals surface area (Å²) < 4.78 is 39.3. The van der Waals surface area contributed by atoms with Crippen LogP contribution in [0.3, 0.4) is 0 Å². The largest absolute Gasteiger partial charge is 0.418 e. The van der Waals surface area contributed by atoms with Crippen molar-refractivity contribution in [1.82, 2.24) is 0 Å². The predicted molar refractivity (Wildman–Crippen MR) is 92.1 cm³/mol. The van der Waals surface area contributed by atoms with Crippen LogP contribution in [0.25, 0.3) is 0 Å². The Labute approximate surface area is 148 Å². The van der Waals surface area contributed by atoms with Gasteiger partial charge in [0.05, 0.1) is 12.1 Å². The van der Waals surface area contributed by atoms with Crippen LogP contribution in [0.2, 0.25) is 5.02 Å². The first kappa shape index (κ1) is 17.6. The average molecular weight is 369 g/mol. The summed E-state index contributed by atoms with van der Waals surface area (Å²) in [7, 11) is 0. The summed E-state index contributed by atoms with van der Waals surface area (Å²) in [5, 5.41) is 2.60. The van der Waals surface area contributed by atoms with Crippen LogP contribution in [0, 0.1) is 0 Å². The fourth-order valence-corrected chi connectivity index (χ4v) is 3.14. The zero-order valence-corrected chi connectivity index (χ0v) is 14.0. The van der Waals surface area contributed by atoms with Crippen LogP contribution < -0.4 is 10.2 Å². The minimum Gasteiger partial charge on any atom is -0.376 e. The summed E-state index contributed by atoms with van der Waals surface area (Å²) in [5.74, 6) is -0.268. The number of nitrogens with one attached hydrogen (secondary N) is 1. The average Bonchev–Trinajstić information content (AvgIpc) is 2.59. The molecule has 25 heavy (non-hydrogen) atoms. The zero-order valence-electron chi connectivity index (χ0n) is 13.2. The number of aryl methyl sites for hydroxylation is 1. The number of hydrogen-bond donors (Lipinski definition) is 1. The first-order valence-corrected chi connectivity index (χ1v) is 8.23. The fourth-order valence-electron chi connectivity index (χ4n) is 2.96. The van der Waals surface area contributed by atoms with E-state index in [-0.39, 0.29) is 23.2 Å². The van der Waals surface area contributed by atoms with Gasteiger partial charge in [-0.15, -0.1) is 0 Å². The van der Waals surface area contributed by atoms with Gasteiger partial charge in [0.15, 0.2) is 0 Å². The van der Waals surface area contributed by atoms with Gasteiger partial charge in [0, 0.05) is 22.9 Å². The topological polar surface area (TPSA) is 32.3 Å². The molecule has 3 rings (SSSR count). The normalized spacial score (nSPS) is 14.2. The third-order valence-corrected chi connectivity index (χ3v) is 4.36. The van der Waals surface area contributed by atoms with Gasteiger partial charge >= 0.3 is 6.18 Å². The van der Waals surface area contributed by atoms with Crippen LogP contribution in [0.1, 0.15) is 17.5 Å². The molecule has 0 atom stereocenters. The van der Waals surface area contributed by atoms with E-state index in [0.29, 0.717) is 6.54 Å². The van der Waals surface area contributed by atoms with Gasteiger partial charge in [-0.1, -0.05) is 29.8 Å². The third kappa shape index (κ3) is 3.90. The predicted octanol–water partition coefficient (Wildman–Crippen LogP) is 4.75. The molecule has 1 N–H and O–H groups in total. The number of hydrogen-bond acceptors (Lipinski definition) is 2. The van der Waals surface area contributed by atoms with Gasteiger partial charge in [-0.25, -0.2) is 0 Å². The summed E-state index contributed by atoms with van der Waals surface area (Å²) >= 11 is 5.66. The molecule has 0 bridgehead atoms. The molecule has 2 aromatic carbocycles. The number of nitrogens with zero attached hydrogens (tertiary/aromatic N) is 1. The van der Waals surface area contributed by atoms with Crippen molar-refractivity contribution in [2.24, 2.45) is 0 Å². The van der Waals surface area contributed by atoms with Gasteiger partial charge in [0.1, 0.15) is 0 Å². The van der Waals surface area contributed by atoms with Crippen molar-refractivity contribution in [1.29, 1.82) is 0 Å². The van der Waals surface area contributed by atoms with E-state index in [9.17, 15) is 18.0 Å². The molecule has 0 aliphatic carbocycles. The molecule has 7 heteroatoms. The lowest BCUT2D eigenvalue weighted by atomic mass is 10.0. The van der Waals surface area contributed by atoms with Gasteiger partial charge < -0.3 is 10.2 Å². The van der Waals surface area contributed by atoms with Crippen LogP contribution in [0.15, 0.2) is 42.5 Å². The van der Waals surface area contributed by atoms with Crippen LogP contribution in [0.5, 0.6) is 0 Å². The lowest BCUT2D eigenvalue weighted by Gasteiger charge is -2.29. The molecule has 0 spiro atoms. The Kier molecular flexibility index (Phi) is 4.90. The molecule has 1 heterocycles. The summed E-state index contributed by atoms with van der Waals surface area (Å²) in [4.78, 5) is 14.1. The number of carbonyl (C=O) groups is 1. The molecule has 1 aliphatic rings. The van der Waals surface area contributed by atoms with E-state index in [0.717, 1.165) is 30.2 Å². The molecule has 1 aliphatic heterocycles. The SMILES string of the molecule is O=C(CNc1ccc(Cl)cc1C(F)(F)F)N1CCCc2ccccc21. The maximum atomic E-state index is 13.1. The summed E-state index contributed by atoms with van der Waals surface area (Å²) in [6.45, 7) is 0.337. The van der Waals surface area contributed by atoms with Crippen molar-refractivity contribution in [3.05, 3.63) is 58.6 Å². The summed E-state index contributed by atoms with van der Waals surface area (Å²) in [6.07, 6.45) is -2.83. The molecule has 2 aromatic rings. The Morgan fingerprint density at radius 1 is 1.20 bits per heavy atom. The number of carbonyl (C=O) groups excluding carboxylic acids is 1. The van der Waals surface area contributed by atoms with E-state index in [1.54, 1.807) is 4.90 Å². The molecule has 0 radical (unpaired) electrons. The Bertz CT molecular complexity index is 792. The highest BCUT2D eigenvalue weighted by Gasteiger charge is 2.34. The van der Waals surface area contributed by atoms with Crippen LogP contribution in [-0.2, 0) is 17.4 Å². The van der Waals surface area contributed by atoms with Gasteiger partial charge in [0.2, 0.25) is 5.91 Å². The van der Waals surface area contributed by atoms with Crippen molar-refractivity contribution >= 4 is 28.9 Å². The first-order chi connectivity index (χ1) is 11.9.